The van der Waals surface area contributed by atoms with E-state index in [1.165, 1.54) is 24.6 Å². The van der Waals surface area contributed by atoms with Crippen LogP contribution in [0, 0.1) is 0 Å². The summed E-state index contributed by atoms with van der Waals surface area (Å²) in [5.74, 6) is 1.57. The molecule has 1 fully saturated rings. The molecule has 1 amide bonds. The summed E-state index contributed by atoms with van der Waals surface area (Å²) >= 11 is 1.45. The largest absolute Gasteiger partial charge is 0.385 e. The van der Waals surface area contributed by atoms with Gasteiger partial charge in [0.1, 0.15) is 5.82 Å². The summed E-state index contributed by atoms with van der Waals surface area (Å²) < 4.78 is 7.04. The highest BCUT2D eigenvalue weighted by atomic mass is 32.2. The summed E-state index contributed by atoms with van der Waals surface area (Å²) in [7, 11) is 1.66. The maximum atomic E-state index is 12.1. The van der Waals surface area contributed by atoms with E-state index in [2.05, 4.69) is 26.7 Å². The van der Waals surface area contributed by atoms with Gasteiger partial charge in [-0.25, -0.2) is 0 Å². The molecular formula is C15H24N4O2S. The number of nitrogens with zero attached hydrogens (tertiary/aromatic N) is 3. The first-order valence-electron chi connectivity index (χ1n) is 7.64. The van der Waals surface area contributed by atoms with E-state index in [4.69, 9.17) is 4.74 Å². The number of aromatic nitrogens is 3. The van der Waals surface area contributed by atoms with Gasteiger partial charge in [-0.1, -0.05) is 17.8 Å². The van der Waals surface area contributed by atoms with Crippen LogP contribution in [0.4, 0.5) is 0 Å². The first-order valence-corrected chi connectivity index (χ1v) is 8.52. The van der Waals surface area contributed by atoms with Gasteiger partial charge in [0.2, 0.25) is 5.91 Å². The Morgan fingerprint density at radius 1 is 1.59 bits per heavy atom. The van der Waals surface area contributed by atoms with Crippen molar-refractivity contribution in [2.75, 3.05) is 20.3 Å². The van der Waals surface area contributed by atoms with Crippen LogP contribution in [0.5, 0.6) is 0 Å². The molecule has 0 radical (unpaired) electrons. The Morgan fingerprint density at radius 3 is 3.00 bits per heavy atom. The Kier molecular flexibility index (Phi) is 6.45. The molecule has 1 aliphatic rings. The monoisotopic (exact) mass is 324 g/mol. The summed E-state index contributed by atoms with van der Waals surface area (Å²) in [6.07, 6.45) is 5.01. The second-order valence-electron chi connectivity index (χ2n) is 5.41. The van der Waals surface area contributed by atoms with Crippen LogP contribution >= 0.6 is 11.8 Å². The van der Waals surface area contributed by atoms with Crippen molar-refractivity contribution in [3.05, 3.63) is 18.5 Å². The van der Waals surface area contributed by atoms with Crippen molar-refractivity contribution in [2.45, 2.75) is 49.1 Å². The van der Waals surface area contributed by atoms with Crippen LogP contribution in [0.25, 0.3) is 0 Å². The molecule has 0 spiro atoms. The van der Waals surface area contributed by atoms with Gasteiger partial charge in [-0.2, -0.15) is 0 Å². The van der Waals surface area contributed by atoms with Crippen LogP contribution in [0.15, 0.2) is 17.8 Å². The van der Waals surface area contributed by atoms with E-state index in [-0.39, 0.29) is 11.2 Å². The van der Waals surface area contributed by atoms with Gasteiger partial charge in [-0.15, -0.1) is 16.8 Å². The average Bonchev–Trinajstić information content (AvgIpc) is 3.28. The lowest BCUT2D eigenvalue weighted by atomic mass is 10.4. The molecular weight excluding hydrogens is 300 g/mol. The number of ether oxygens (including phenoxy) is 1. The second kappa shape index (κ2) is 8.33. The number of carbonyl (C=O) groups is 1. The van der Waals surface area contributed by atoms with E-state index in [1.807, 2.05) is 13.0 Å². The van der Waals surface area contributed by atoms with Gasteiger partial charge in [0, 0.05) is 32.7 Å². The quantitative estimate of drug-likeness (QED) is 0.405. The highest BCUT2D eigenvalue weighted by Gasteiger charge is 2.30. The van der Waals surface area contributed by atoms with Crippen molar-refractivity contribution in [1.82, 2.24) is 20.1 Å². The molecule has 0 aromatic carbocycles. The van der Waals surface area contributed by atoms with Crippen LogP contribution in [-0.4, -0.2) is 46.2 Å². The van der Waals surface area contributed by atoms with Gasteiger partial charge in [-0.3, -0.25) is 4.79 Å². The Bertz CT molecular complexity index is 514. The minimum Gasteiger partial charge on any atom is -0.385 e. The molecule has 1 N–H and O–H groups in total. The number of carbonyl (C=O) groups excluding carboxylic acids is 1. The molecule has 0 saturated heterocycles. The Morgan fingerprint density at radius 2 is 2.36 bits per heavy atom. The first kappa shape index (κ1) is 17.0. The van der Waals surface area contributed by atoms with Gasteiger partial charge >= 0.3 is 0 Å². The molecule has 0 aliphatic heterocycles. The van der Waals surface area contributed by atoms with Crippen molar-refractivity contribution in [3.63, 3.8) is 0 Å². The SMILES string of the molecule is C=CCn1c(SC(C)C(=O)NCCCOC)nnc1C1CC1. The lowest BCUT2D eigenvalue weighted by molar-refractivity contribution is -0.120. The lowest BCUT2D eigenvalue weighted by Crippen LogP contribution is -2.32. The van der Waals surface area contributed by atoms with Crippen LogP contribution in [-0.2, 0) is 16.1 Å². The number of thioether (sulfide) groups is 1. The number of nitrogens with one attached hydrogen (secondary N) is 1. The number of allylic oxidation sites excluding steroid dienone is 1. The van der Waals surface area contributed by atoms with Gasteiger partial charge in [-0.05, 0) is 26.2 Å². The fourth-order valence-corrected chi connectivity index (χ4v) is 3.00. The van der Waals surface area contributed by atoms with Crippen LogP contribution in [0.1, 0.15) is 37.9 Å². The third-order valence-electron chi connectivity index (χ3n) is 3.48. The van der Waals surface area contributed by atoms with E-state index in [9.17, 15) is 4.79 Å². The third-order valence-corrected chi connectivity index (χ3v) is 4.56. The Hall–Kier alpha value is -1.34. The number of hydrogen-bond donors (Lipinski definition) is 1. The normalized spacial score (nSPS) is 15.5. The summed E-state index contributed by atoms with van der Waals surface area (Å²) in [4.78, 5) is 12.1. The van der Waals surface area contributed by atoms with Gasteiger partial charge in [0.25, 0.3) is 0 Å². The third kappa shape index (κ3) is 4.58. The smallest absolute Gasteiger partial charge is 0.233 e. The number of rotatable bonds is 10. The minimum absolute atomic E-state index is 0.0160. The summed E-state index contributed by atoms with van der Waals surface area (Å²) in [5.41, 5.74) is 0. The van der Waals surface area contributed by atoms with Gasteiger partial charge in [0.15, 0.2) is 5.16 Å². The molecule has 1 aliphatic carbocycles. The van der Waals surface area contributed by atoms with Crippen molar-refractivity contribution in [3.8, 4) is 0 Å². The predicted octanol–water partition coefficient (Wildman–Crippen LogP) is 1.97. The molecule has 7 heteroatoms. The van der Waals surface area contributed by atoms with Crippen molar-refractivity contribution < 1.29 is 9.53 Å². The van der Waals surface area contributed by atoms with Crippen LogP contribution in [0.2, 0.25) is 0 Å². The van der Waals surface area contributed by atoms with E-state index in [0.717, 1.165) is 17.4 Å². The predicted molar refractivity (Wildman–Crippen MR) is 87.0 cm³/mol. The molecule has 1 heterocycles. The zero-order valence-electron chi connectivity index (χ0n) is 13.2. The molecule has 1 aromatic rings. The molecule has 6 nitrogen and oxygen atoms in total. The molecule has 0 bridgehead atoms. The van der Waals surface area contributed by atoms with E-state index < -0.39 is 0 Å². The summed E-state index contributed by atoms with van der Waals surface area (Å²) in [6, 6.07) is 0. The molecule has 22 heavy (non-hydrogen) atoms. The molecule has 1 atom stereocenters. The number of hydrogen-bond acceptors (Lipinski definition) is 5. The average molecular weight is 324 g/mol. The lowest BCUT2D eigenvalue weighted by Gasteiger charge is -2.12. The van der Waals surface area contributed by atoms with Crippen LogP contribution < -0.4 is 5.32 Å². The standard InChI is InChI=1S/C15H24N4O2S/c1-4-9-19-13(12-6-7-12)17-18-15(19)22-11(2)14(20)16-8-5-10-21-3/h4,11-12H,1,5-10H2,2-3H3,(H,16,20). The van der Waals surface area contributed by atoms with E-state index >= 15 is 0 Å². The summed E-state index contributed by atoms with van der Waals surface area (Å²) in [6.45, 7) is 7.65. The topological polar surface area (TPSA) is 69.0 Å². The van der Waals surface area contributed by atoms with Gasteiger partial charge < -0.3 is 14.6 Å². The van der Waals surface area contributed by atoms with Crippen molar-refractivity contribution in [1.29, 1.82) is 0 Å². The molecule has 2 rings (SSSR count). The Labute approximate surface area is 135 Å². The maximum absolute atomic E-state index is 12.1. The zero-order chi connectivity index (χ0) is 15.9. The second-order valence-corrected chi connectivity index (χ2v) is 6.72. The van der Waals surface area contributed by atoms with Crippen LogP contribution in [0.3, 0.4) is 0 Å². The van der Waals surface area contributed by atoms with Crippen molar-refractivity contribution >= 4 is 17.7 Å². The highest BCUT2D eigenvalue weighted by molar-refractivity contribution is 8.00. The first-order chi connectivity index (χ1) is 10.7. The van der Waals surface area contributed by atoms with Gasteiger partial charge in [0.05, 0.1) is 5.25 Å². The highest BCUT2D eigenvalue weighted by Crippen LogP contribution is 2.40. The maximum Gasteiger partial charge on any atom is 0.233 e. The minimum atomic E-state index is -0.206. The van der Waals surface area contributed by atoms with E-state index in [1.54, 1.807) is 7.11 Å². The molecule has 1 aromatic heterocycles. The number of amides is 1. The van der Waals surface area contributed by atoms with E-state index in [0.29, 0.717) is 25.6 Å². The Balaban J connectivity index is 1.91. The number of methoxy groups -OCH3 is 1. The fraction of sp³-hybridized carbons (Fsp3) is 0.667. The molecule has 122 valence electrons. The fourth-order valence-electron chi connectivity index (χ4n) is 2.11. The van der Waals surface area contributed by atoms with Crippen molar-refractivity contribution in [2.24, 2.45) is 0 Å². The molecule has 1 saturated carbocycles. The zero-order valence-corrected chi connectivity index (χ0v) is 14.1. The molecule has 1 unspecified atom stereocenters. The summed E-state index contributed by atoms with van der Waals surface area (Å²) in [5, 5.41) is 12.0.